The number of nitrogens with one attached hydrogen (secondary N) is 1. The minimum absolute atomic E-state index is 0.171. The molecule has 3 aromatic rings. The second-order valence-electron chi connectivity index (χ2n) is 9.80. The fourth-order valence-corrected chi connectivity index (χ4v) is 5.45. The van der Waals surface area contributed by atoms with Gasteiger partial charge in [-0.05, 0) is 54.8 Å². The molecule has 0 heterocycles. The fourth-order valence-electron chi connectivity index (χ4n) is 4.68. The molecule has 0 bridgehead atoms. The van der Waals surface area contributed by atoms with Crippen LogP contribution in [0.2, 0.25) is 10.0 Å². The third kappa shape index (κ3) is 7.36. The molecular weight excluding hydrogens is 617 g/mol. The van der Waals surface area contributed by atoms with Gasteiger partial charge in [-0.3, -0.25) is 14.4 Å². The highest BCUT2D eigenvalue weighted by molar-refractivity contribution is 9.10. The number of likely N-dealkylation sites (N-methyl/N-ethyl adjacent to an activating group) is 1. The van der Waals surface area contributed by atoms with Crippen molar-refractivity contribution in [1.29, 1.82) is 0 Å². The molecule has 0 spiro atoms. The Morgan fingerprint density at radius 1 is 0.925 bits per heavy atom. The first-order valence-corrected chi connectivity index (χ1v) is 14.5. The van der Waals surface area contributed by atoms with Crippen molar-refractivity contribution in [3.05, 3.63) is 86.3 Å². The standard InChI is InChI=1S/C30H30BrCl2N3O4/c1-35(18-19-12-13-21(16-24(19)31)40-22-14-15-25(32)26(33)17-22)30(39)28(37)34-27-11-7-6-10-23(27)29(38)36(2)20-8-4-3-5-9-20/h6-7,10-17,20H,3-5,8-9,18H2,1-2H3,(H,34,37). The van der Waals surface area contributed by atoms with Crippen molar-refractivity contribution >= 4 is 62.5 Å². The maximum Gasteiger partial charge on any atom is 0.313 e. The van der Waals surface area contributed by atoms with Crippen molar-refractivity contribution < 1.29 is 19.1 Å². The number of halogens is 3. The molecule has 4 rings (SSSR count). The summed E-state index contributed by atoms with van der Waals surface area (Å²) in [6.45, 7) is 0.172. The lowest BCUT2D eigenvalue weighted by molar-refractivity contribution is -0.142. The molecule has 210 valence electrons. The van der Waals surface area contributed by atoms with Crippen LogP contribution in [0.1, 0.15) is 48.0 Å². The van der Waals surface area contributed by atoms with E-state index >= 15 is 0 Å². The van der Waals surface area contributed by atoms with Gasteiger partial charge in [0.05, 0.1) is 21.3 Å². The fraction of sp³-hybridized carbons (Fsp3) is 0.300. The number of ether oxygens (including phenoxy) is 1. The number of rotatable bonds is 7. The molecule has 1 N–H and O–H groups in total. The van der Waals surface area contributed by atoms with Crippen molar-refractivity contribution in [1.82, 2.24) is 9.80 Å². The van der Waals surface area contributed by atoms with Crippen LogP contribution in [0.3, 0.4) is 0 Å². The molecule has 1 saturated carbocycles. The monoisotopic (exact) mass is 645 g/mol. The second-order valence-corrected chi connectivity index (χ2v) is 11.5. The lowest BCUT2D eigenvalue weighted by atomic mass is 9.94. The Kier molecular flexibility index (Phi) is 10.1. The number of amides is 3. The Morgan fingerprint density at radius 3 is 2.30 bits per heavy atom. The summed E-state index contributed by atoms with van der Waals surface area (Å²) in [5.41, 5.74) is 1.45. The number of hydrogen-bond acceptors (Lipinski definition) is 4. The minimum atomic E-state index is -0.821. The van der Waals surface area contributed by atoms with Crippen molar-refractivity contribution in [2.45, 2.75) is 44.7 Å². The van der Waals surface area contributed by atoms with E-state index in [4.69, 9.17) is 27.9 Å². The maximum absolute atomic E-state index is 13.3. The van der Waals surface area contributed by atoms with E-state index in [0.29, 0.717) is 37.3 Å². The number of benzene rings is 3. The van der Waals surface area contributed by atoms with Crippen LogP contribution < -0.4 is 10.1 Å². The summed E-state index contributed by atoms with van der Waals surface area (Å²) in [6, 6.07) is 17.3. The number of carbonyl (C=O) groups excluding carboxylic acids is 3. The van der Waals surface area contributed by atoms with Crippen LogP contribution >= 0.6 is 39.1 Å². The third-order valence-electron chi connectivity index (χ3n) is 6.95. The molecule has 40 heavy (non-hydrogen) atoms. The maximum atomic E-state index is 13.3. The minimum Gasteiger partial charge on any atom is -0.457 e. The smallest absolute Gasteiger partial charge is 0.313 e. The molecule has 1 aliphatic carbocycles. The van der Waals surface area contributed by atoms with Gasteiger partial charge in [0.2, 0.25) is 0 Å². The first-order valence-electron chi connectivity index (χ1n) is 13.0. The van der Waals surface area contributed by atoms with Gasteiger partial charge in [-0.1, -0.05) is 76.6 Å². The Bertz CT molecular complexity index is 1410. The van der Waals surface area contributed by atoms with Crippen LogP contribution in [0.4, 0.5) is 5.69 Å². The summed E-state index contributed by atoms with van der Waals surface area (Å²) >= 11 is 15.5. The summed E-state index contributed by atoms with van der Waals surface area (Å²) in [5, 5.41) is 3.47. The second kappa shape index (κ2) is 13.5. The van der Waals surface area contributed by atoms with Crippen LogP contribution in [0.15, 0.2) is 65.1 Å². The van der Waals surface area contributed by atoms with Gasteiger partial charge in [0.1, 0.15) is 11.5 Å². The van der Waals surface area contributed by atoms with Crippen molar-refractivity contribution in [3.8, 4) is 11.5 Å². The number of hydrogen-bond donors (Lipinski definition) is 1. The molecule has 1 aliphatic rings. The van der Waals surface area contributed by atoms with Gasteiger partial charge in [-0.15, -0.1) is 0 Å². The van der Waals surface area contributed by atoms with E-state index in [0.717, 1.165) is 31.2 Å². The molecule has 1 fully saturated rings. The normalized spacial score (nSPS) is 13.4. The zero-order valence-electron chi connectivity index (χ0n) is 22.3. The van der Waals surface area contributed by atoms with E-state index in [1.807, 2.05) is 0 Å². The first kappa shape index (κ1) is 29.9. The highest BCUT2D eigenvalue weighted by atomic mass is 79.9. The first-order chi connectivity index (χ1) is 19.1. The van der Waals surface area contributed by atoms with E-state index in [-0.39, 0.29) is 18.5 Å². The van der Waals surface area contributed by atoms with Crippen molar-refractivity contribution in [2.75, 3.05) is 19.4 Å². The molecule has 3 aromatic carbocycles. The van der Waals surface area contributed by atoms with Gasteiger partial charge in [0, 0.05) is 37.2 Å². The number of para-hydroxylation sites is 1. The Hall–Kier alpha value is -3.07. The molecule has 0 aliphatic heterocycles. The van der Waals surface area contributed by atoms with E-state index in [2.05, 4.69) is 21.2 Å². The third-order valence-corrected chi connectivity index (χ3v) is 8.43. The average molecular weight is 647 g/mol. The topological polar surface area (TPSA) is 79.0 Å². The zero-order chi connectivity index (χ0) is 28.8. The Balaban J connectivity index is 1.39. The summed E-state index contributed by atoms with van der Waals surface area (Å²) in [4.78, 5) is 42.2. The largest absolute Gasteiger partial charge is 0.457 e. The van der Waals surface area contributed by atoms with Gasteiger partial charge in [0.25, 0.3) is 5.91 Å². The van der Waals surface area contributed by atoms with Crippen molar-refractivity contribution in [3.63, 3.8) is 0 Å². The predicted molar refractivity (Wildman–Crippen MR) is 161 cm³/mol. The molecule has 0 saturated heterocycles. The number of nitrogens with zero attached hydrogens (tertiary/aromatic N) is 2. The van der Waals surface area contributed by atoms with Gasteiger partial charge in [-0.25, -0.2) is 0 Å². The van der Waals surface area contributed by atoms with Crippen molar-refractivity contribution in [2.24, 2.45) is 0 Å². The van der Waals surface area contributed by atoms with Crippen LogP contribution in [-0.2, 0) is 16.1 Å². The average Bonchev–Trinajstić information content (AvgIpc) is 2.96. The highest BCUT2D eigenvalue weighted by Gasteiger charge is 2.26. The van der Waals surface area contributed by atoms with E-state index in [9.17, 15) is 14.4 Å². The lowest BCUT2D eigenvalue weighted by Crippen LogP contribution is -2.39. The van der Waals surface area contributed by atoms with E-state index < -0.39 is 11.8 Å². The molecule has 3 amide bonds. The molecule has 0 unspecified atom stereocenters. The van der Waals surface area contributed by atoms with Crippen LogP contribution in [0.5, 0.6) is 11.5 Å². The zero-order valence-corrected chi connectivity index (χ0v) is 25.4. The number of anilines is 1. The van der Waals surface area contributed by atoms with Gasteiger partial charge in [0.15, 0.2) is 0 Å². The highest BCUT2D eigenvalue weighted by Crippen LogP contribution is 2.32. The van der Waals surface area contributed by atoms with Crippen LogP contribution in [0, 0.1) is 0 Å². The molecule has 0 atom stereocenters. The summed E-state index contributed by atoms with van der Waals surface area (Å²) in [6.07, 6.45) is 5.33. The van der Waals surface area contributed by atoms with Gasteiger partial charge < -0.3 is 19.9 Å². The lowest BCUT2D eigenvalue weighted by Gasteiger charge is -2.31. The SMILES string of the molecule is CN(Cc1ccc(Oc2ccc(Cl)c(Cl)c2)cc1Br)C(=O)C(=O)Nc1ccccc1C(=O)N(C)C1CCCCC1. The number of carbonyl (C=O) groups is 3. The van der Waals surface area contributed by atoms with Gasteiger partial charge >= 0.3 is 11.8 Å². The van der Waals surface area contributed by atoms with Crippen LogP contribution in [-0.4, -0.2) is 47.7 Å². The Morgan fingerprint density at radius 2 is 1.60 bits per heavy atom. The molecular formula is C30H30BrCl2N3O4. The quantitative estimate of drug-likeness (QED) is 0.269. The summed E-state index contributed by atoms with van der Waals surface area (Å²) in [7, 11) is 3.34. The Labute approximate surface area is 252 Å². The van der Waals surface area contributed by atoms with E-state index in [1.54, 1.807) is 79.7 Å². The molecule has 0 aromatic heterocycles. The molecule has 7 nitrogen and oxygen atoms in total. The summed E-state index contributed by atoms with van der Waals surface area (Å²) in [5.74, 6) is -0.637. The molecule has 0 radical (unpaired) electrons. The predicted octanol–water partition coefficient (Wildman–Crippen LogP) is 7.55. The van der Waals surface area contributed by atoms with Crippen LogP contribution in [0.25, 0.3) is 0 Å². The van der Waals surface area contributed by atoms with Gasteiger partial charge in [-0.2, -0.15) is 0 Å². The summed E-state index contributed by atoms with van der Waals surface area (Å²) < 4.78 is 6.54. The molecule has 10 heteroatoms. The van der Waals surface area contributed by atoms with E-state index in [1.165, 1.54) is 11.3 Å².